The third kappa shape index (κ3) is 4.03. The third-order valence-electron chi connectivity index (χ3n) is 5.08. The van der Waals surface area contributed by atoms with Gasteiger partial charge in [0.15, 0.2) is 10.8 Å². The van der Waals surface area contributed by atoms with Gasteiger partial charge in [-0.25, -0.2) is 9.36 Å². The molecular formula is C23H18N6O3S. The van der Waals surface area contributed by atoms with E-state index < -0.39 is 11.2 Å². The number of aromatic amines is 1. The summed E-state index contributed by atoms with van der Waals surface area (Å²) in [6.07, 6.45) is 0. The number of nitrogens with one attached hydrogen (secondary N) is 2. The zero-order valence-electron chi connectivity index (χ0n) is 17.5. The lowest BCUT2D eigenvalue weighted by atomic mass is 10.2. The van der Waals surface area contributed by atoms with Crippen molar-refractivity contribution in [2.75, 3.05) is 11.1 Å². The van der Waals surface area contributed by atoms with Crippen LogP contribution in [0.15, 0.2) is 81.5 Å². The molecular weight excluding hydrogens is 440 g/mol. The molecule has 0 atom stereocenters. The zero-order valence-corrected chi connectivity index (χ0v) is 18.3. The number of pyridine rings is 1. The smallest absolute Gasteiger partial charge is 0.311 e. The maximum Gasteiger partial charge on any atom is 0.334 e. The number of carbonyl (C=O) groups excluding carboxylic acids is 1. The van der Waals surface area contributed by atoms with E-state index in [0.29, 0.717) is 16.5 Å². The van der Waals surface area contributed by atoms with Crippen LogP contribution in [0.5, 0.6) is 0 Å². The fraction of sp³-hybridized carbons (Fsp3) is 0.0870. The van der Waals surface area contributed by atoms with Gasteiger partial charge in [0.25, 0.3) is 5.56 Å². The molecule has 0 aliphatic rings. The Bertz CT molecular complexity index is 1620. The van der Waals surface area contributed by atoms with E-state index in [4.69, 9.17) is 0 Å². The molecule has 0 aliphatic heterocycles. The Morgan fingerprint density at radius 2 is 1.82 bits per heavy atom. The molecule has 5 rings (SSSR count). The Balaban J connectivity index is 1.42. The van der Waals surface area contributed by atoms with Crippen LogP contribution in [-0.2, 0) is 4.79 Å². The summed E-state index contributed by atoms with van der Waals surface area (Å²) in [4.78, 5) is 39.4. The van der Waals surface area contributed by atoms with Crippen LogP contribution in [0.4, 0.5) is 5.82 Å². The molecule has 0 fully saturated rings. The minimum atomic E-state index is -0.635. The van der Waals surface area contributed by atoms with Crippen molar-refractivity contribution in [1.29, 1.82) is 0 Å². The minimum absolute atomic E-state index is 0.0128. The Kier molecular flexibility index (Phi) is 5.27. The predicted octanol–water partition coefficient (Wildman–Crippen LogP) is 2.76. The minimum Gasteiger partial charge on any atom is -0.311 e. The summed E-state index contributed by atoms with van der Waals surface area (Å²) in [7, 11) is 0. The molecule has 5 aromatic rings. The van der Waals surface area contributed by atoms with Gasteiger partial charge in [-0.1, -0.05) is 47.7 Å². The summed E-state index contributed by atoms with van der Waals surface area (Å²) in [6.45, 7) is 1.93. The molecule has 1 amide bonds. The summed E-state index contributed by atoms with van der Waals surface area (Å²) < 4.78 is 3.14. The molecule has 10 heteroatoms. The van der Waals surface area contributed by atoms with Crippen LogP contribution in [0, 0.1) is 6.92 Å². The maximum absolute atomic E-state index is 12.8. The Hall–Kier alpha value is -4.18. The number of amides is 1. The molecule has 0 saturated carbocycles. The molecule has 0 bridgehead atoms. The monoisotopic (exact) mass is 458 g/mol. The molecule has 0 radical (unpaired) electrons. The van der Waals surface area contributed by atoms with Crippen molar-refractivity contribution >= 4 is 40.0 Å². The van der Waals surface area contributed by atoms with Gasteiger partial charge < -0.3 is 5.32 Å². The van der Waals surface area contributed by atoms with Crippen LogP contribution in [-0.4, -0.2) is 35.8 Å². The second-order valence-electron chi connectivity index (χ2n) is 7.40. The number of hydrogen-bond donors (Lipinski definition) is 2. The Morgan fingerprint density at radius 1 is 1.03 bits per heavy atom. The van der Waals surface area contributed by atoms with E-state index in [1.165, 1.54) is 22.4 Å². The van der Waals surface area contributed by atoms with Crippen molar-refractivity contribution in [2.45, 2.75) is 12.1 Å². The molecule has 0 aliphatic carbocycles. The maximum atomic E-state index is 12.8. The lowest BCUT2D eigenvalue weighted by molar-refractivity contribution is -0.113. The molecule has 33 heavy (non-hydrogen) atoms. The van der Waals surface area contributed by atoms with Crippen molar-refractivity contribution in [3.63, 3.8) is 0 Å². The molecule has 2 N–H and O–H groups in total. The fourth-order valence-electron chi connectivity index (χ4n) is 3.55. The molecule has 0 unspecified atom stereocenters. The van der Waals surface area contributed by atoms with Crippen molar-refractivity contribution in [2.24, 2.45) is 0 Å². The SMILES string of the molecule is Cc1ccc(-n2c(NC(=O)CSc3nnc4ccc5ccccc5n34)cc(=O)[nH]c2=O)cc1. The highest BCUT2D eigenvalue weighted by atomic mass is 32.2. The normalized spacial score (nSPS) is 11.2. The molecule has 164 valence electrons. The first kappa shape index (κ1) is 20.7. The summed E-state index contributed by atoms with van der Waals surface area (Å²) in [5.41, 5.74) is 1.93. The predicted molar refractivity (Wildman–Crippen MR) is 127 cm³/mol. The second kappa shape index (κ2) is 8.40. The number of aryl methyl sites for hydroxylation is 1. The number of thioether (sulfide) groups is 1. The summed E-state index contributed by atoms with van der Waals surface area (Å²) in [5.74, 6) is -0.281. The number of rotatable bonds is 5. The van der Waals surface area contributed by atoms with Crippen LogP contribution in [0.3, 0.4) is 0 Å². The summed E-state index contributed by atoms with van der Waals surface area (Å²) >= 11 is 1.21. The number of benzene rings is 2. The number of aromatic nitrogens is 5. The Labute approximate surface area is 191 Å². The van der Waals surface area contributed by atoms with Gasteiger partial charge in [0, 0.05) is 6.07 Å². The van der Waals surface area contributed by atoms with E-state index in [0.717, 1.165) is 16.5 Å². The second-order valence-corrected chi connectivity index (χ2v) is 8.34. The van der Waals surface area contributed by atoms with E-state index in [2.05, 4.69) is 20.5 Å². The number of anilines is 1. The van der Waals surface area contributed by atoms with Crippen molar-refractivity contribution in [3.05, 3.63) is 93.1 Å². The first-order chi connectivity index (χ1) is 16.0. The molecule has 3 heterocycles. The number of hydrogen-bond acceptors (Lipinski definition) is 6. The first-order valence-corrected chi connectivity index (χ1v) is 11.1. The van der Waals surface area contributed by atoms with Crippen LogP contribution in [0.2, 0.25) is 0 Å². The van der Waals surface area contributed by atoms with Crippen LogP contribution < -0.4 is 16.6 Å². The largest absolute Gasteiger partial charge is 0.334 e. The lowest BCUT2D eigenvalue weighted by Crippen LogP contribution is -2.32. The molecule has 0 saturated heterocycles. The fourth-order valence-corrected chi connectivity index (χ4v) is 4.30. The topological polar surface area (TPSA) is 114 Å². The summed E-state index contributed by atoms with van der Waals surface area (Å²) in [5, 5.41) is 12.7. The molecule has 0 spiro atoms. The highest BCUT2D eigenvalue weighted by Gasteiger charge is 2.15. The lowest BCUT2D eigenvalue weighted by Gasteiger charge is -2.13. The number of nitrogens with zero attached hydrogens (tertiary/aromatic N) is 4. The van der Waals surface area contributed by atoms with Crippen LogP contribution in [0.25, 0.3) is 22.2 Å². The average Bonchev–Trinajstić information content (AvgIpc) is 3.22. The Morgan fingerprint density at radius 3 is 2.64 bits per heavy atom. The number of para-hydroxylation sites is 1. The quantitative estimate of drug-likeness (QED) is 0.392. The third-order valence-corrected chi connectivity index (χ3v) is 6.01. The molecule has 2 aromatic carbocycles. The van der Waals surface area contributed by atoms with Crippen molar-refractivity contribution < 1.29 is 4.79 Å². The van der Waals surface area contributed by atoms with Crippen LogP contribution >= 0.6 is 11.8 Å². The molecule has 3 aromatic heterocycles. The highest BCUT2D eigenvalue weighted by molar-refractivity contribution is 7.99. The van der Waals surface area contributed by atoms with E-state index >= 15 is 0 Å². The average molecular weight is 459 g/mol. The van der Waals surface area contributed by atoms with Gasteiger partial charge in [-0.2, -0.15) is 0 Å². The van der Waals surface area contributed by atoms with Crippen molar-refractivity contribution in [1.82, 2.24) is 24.1 Å². The molecule has 9 nitrogen and oxygen atoms in total. The highest BCUT2D eigenvalue weighted by Crippen LogP contribution is 2.23. The number of fused-ring (bicyclic) bond motifs is 3. The van der Waals surface area contributed by atoms with Gasteiger partial charge in [0.2, 0.25) is 5.91 Å². The van der Waals surface area contributed by atoms with Crippen LogP contribution in [0.1, 0.15) is 5.56 Å². The number of carbonyl (C=O) groups is 1. The van der Waals surface area contributed by atoms with E-state index in [9.17, 15) is 14.4 Å². The first-order valence-electron chi connectivity index (χ1n) is 10.1. The number of H-pyrrole nitrogens is 1. The zero-order chi connectivity index (χ0) is 22.9. The van der Waals surface area contributed by atoms with E-state index in [1.54, 1.807) is 12.1 Å². The summed E-state index contributed by atoms with van der Waals surface area (Å²) in [6, 6.07) is 20.0. The van der Waals surface area contributed by atoms with Crippen molar-refractivity contribution in [3.8, 4) is 5.69 Å². The van der Waals surface area contributed by atoms with Gasteiger partial charge in [0.1, 0.15) is 5.82 Å². The van der Waals surface area contributed by atoms with E-state index in [-0.39, 0.29) is 17.5 Å². The van der Waals surface area contributed by atoms with Gasteiger partial charge in [-0.05, 0) is 42.6 Å². The van der Waals surface area contributed by atoms with Gasteiger partial charge in [-0.3, -0.25) is 19.0 Å². The van der Waals surface area contributed by atoms with Gasteiger partial charge >= 0.3 is 5.69 Å². The van der Waals surface area contributed by atoms with Gasteiger partial charge in [-0.15, -0.1) is 10.2 Å². The van der Waals surface area contributed by atoms with Gasteiger partial charge in [0.05, 0.1) is 17.0 Å². The standard InChI is InChI=1S/C23H18N6O3S/c1-14-6-9-16(10-7-14)28-19(12-20(30)25-22(28)32)24-21(31)13-33-23-27-26-18-11-8-15-4-2-3-5-17(15)29(18)23/h2-12H,13H2,1H3,(H,24,31)(H,25,30,32). The van der Waals surface area contributed by atoms with E-state index in [1.807, 2.05) is 59.9 Å².